The highest BCUT2D eigenvalue weighted by atomic mass is 32.2. The van der Waals surface area contributed by atoms with Gasteiger partial charge in [0.1, 0.15) is 5.75 Å². The zero-order chi connectivity index (χ0) is 23.9. The number of fused-ring (bicyclic) bond motifs is 1. The van der Waals surface area contributed by atoms with Crippen LogP contribution in [-0.4, -0.2) is 11.8 Å². The van der Waals surface area contributed by atoms with Crippen LogP contribution < -0.4 is 10.1 Å². The number of anilines is 1. The average Bonchev–Trinajstić information content (AvgIpc) is 2.95. The van der Waals surface area contributed by atoms with Gasteiger partial charge in [0.05, 0.1) is 16.5 Å². The van der Waals surface area contributed by atoms with Gasteiger partial charge in [-0.2, -0.15) is 0 Å². The minimum atomic E-state index is -0.385. The molecule has 0 fully saturated rings. The lowest BCUT2D eigenvalue weighted by atomic mass is 9.74. The lowest BCUT2D eigenvalue weighted by Gasteiger charge is -2.33. The van der Waals surface area contributed by atoms with Gasteiger partial charge in [0, 0.05) is 22.6 Å². The molecule has 1 aliphatic heterocycles. The van der Waals surface area contributed by atoms with Crippen LogP contribution in [-0.2, 0) is 4.79 Å². The molecule has 2 aliphatic rings. The highest BCUT2D eigenvalue weighted by Crippen LogP contribution is 2.52. The summed E-state index contributed by atoms with van der Waals surface area (Å²) in [5.74, 6) is 0.292. The summed E-state index contributed by atoms with van der Waals surface area (Å²) >= 11 is 1.69. The first-order valence-electron chi connectivity index (χ1n) is 11.5. The number of ketones is 1. The second-order valence-corrected chi connectivity index (χ2v) is 10.9. The molecule has 0 spiro atoms. The van der Waals surface area contributed by atoms with E-state index in [1.165, 1.54) is 0 Å². The number of nitrogens with one attached hydrogen (secondary N) is 1. The molecule has 34 heavy (non-hydrogen) atoms. The van der Waals surface area contributed by atoms with Gasteiger partial charge in [-0.1, -0.05) is 55.8 Å². The zero-order valence-corrected chi connectivity index (χ0v) is 20.4. The Morgan fingerprint density at radius 2 is 1.68 bits per heavy atom. The molecule has 0 unspecified atom stereocenters. The van der Waals surface area contributed by atoms with Crippen LogP contribution in [0.15, 0.2) is 89.0 Å². The molecule has 1 N–H and O–H groups in total. The van der Waals surface area contributed by atoms with Crippen molar-refractivity contribution in [2.24, 2.45) is 5.41 Å². The van der Waals surface area contributed by atoms with E-state index in [2.05, 4.69) is 31.3 Å². The molecule has 0 saturated heterocycles. The van der Waals surface area contributed by atoms with Crippen LogP contribution in [0.1, 0.15) is 53.4 Å². The van der Waals surface area contributed by atoms with E-state index in [0.29, 0.717) is 17.7 Å². The van der Waals surface area contributed by atoms with Crippen LogP contribution in [0.2, 0.25) is 0 Å². The van der Waals surface area contributed by atoms with Crippen molar-refractivity contribution in [2.45, 2.75) is 43.8 Å². The molecule has 1 heterocycles. The average molecular weight is 470 g/mol. The first-order chi connectivity index (χ1) is 16.3. The highest BCUT2D eigenvalue weighted by molar-refractivity contribution is 8.00. The Balaban J connectivity index is 1.46. The van der Waals surface area contributed by atoms with E-state index in [-0.39, 0.29) is 22.4 Å². The standard InChI is InChI=1S/C29H27NO3S/c1-18-8-10-20(11-9-18)28(32)33-21-14-12-19(13-15-21)27-26-23(16-29(2,3)17-24(26)31)30-22-6-4-5-7-25(22)34-27/h4-15,27,30H,16-17H2,1-3H3/t27-/m0/s1. The largest absolute Gasteiger partial charge is 0.423 e. The number of esters is 1. The maximum Gasteiger partial charge on any atom is 0.343 e. The molecule has 5 rings (SSSR count). The Hall–Kier alpha value is -3.31. The van der Waals surface area contributed by atoms with Gasteiger partial charge in [0.2, 0.25) is 0 Å². The summed E-state index contributed by atoms with van der Waals surface area (Å²) in [5, 5.41) is 3.45. The monoisotopic (exact) mass is 469 g/mol. The van der Waals surface area contributed by atoms with Crippen molar-refractivity contribution < 1.29 is 14.3 Å². The Labute approximate surface area is 204 Å². The summed E-state index contributed by atoms with van der Waals surface area (Å²) in [6.07, 6.45) is 1.36. The van der Waals surface area contributed by atoms with Gasteiger partial charge in [-0.15, -0.1) is 11.8 Å². The Morgan fingerprint density at radius 1 is 0.971 bits per heavy atom. The lowest BCUT2D eigenvalue weighted by molar-refractivity contribution is -0.118. The third kappa shape index (κ3) is 4.53. The number of allylic oxidation sites excluding steroid dienone is 1. The van der Waals surface area contributed by atoms with Crippen LogP contribution in [0.25, 0.3) is 0 Å². The summed E-state index contributed by atoms with van der Waals surface area (Å²) in [7, 11) is 0. The molecular weight excluding hydrogens is 442 g/mol. The number of benzene rings is 3. The fourth-order valence-corrected chi connectivity index (χ4v) is 5.91. The number of Topliss-reactive ketones (excluding diaryl/α,β-unsaturated/α-hetero) is 1. The van der Waals surface area contributed by atoms with Gasteiger partial charge in [-0.05, 0) is 60.7 Å². The third-order valence-corrected chi connectivity index (χ3v) is 7.63. The minimum absolute atomic E-state index is 0.0779. The van der Waals surface area contributed by atoms with Crippen molar-refractivity contribution in [2.75, 3.05) is 5.32 Å². The van der Waals surface area contributed by atoms with E-state index < -0.39 is 0 Å². The number of hydrogen-bond donors (Lipinski definition) is 1. The molecule has 0 bridgehead atoms. The Morgan fingerprint density at radius 3 is 2.41 bits per heavy atom. The van der Waals surface area contributed by atoms with E-state index in [4.69, 9.17) is 4.74 Å². The molecule has 0 radical (unpaired) electrons. The maximum atomic E-state index is 13.3. The van der Waals surface area contributed by atoms with Crippen LogP contribution in [0.5, 0.6) is 5.75 Å². The van der Waals surface area contributed by atoms with Crippen molar-refractivity contribution in [3.63, 3.8) is 0 Å². The predicted octanol–water partition coefficient (Wildman–Crippen LogP) is 7.12. The molecule has 1 atom stereocenters. The van der Waals surface area contributed by atoms with Crippen molar-refractivity contribution >= 4 is 29.2 Å². The van der Waals surface area contributed by atoms with Gasteiger partial charge in [-0.3, -0.25) is 4.79 Å². The van der Waals surface area contributed by atoms with E-state index in [9.17, 15) is 9.59 Å². The normalized spacial score (nSPS) is 18.9. The quantitative estimate of drug-likeness (QED) is 0.327. The number of thioether (sulfide) groups is 1. The number of hydrogen-bond acceptors (Lipinski definition) is 5. The molecule has 0 amide bonds. The van der Waals surface area contributed by atoms with Crippen LogP contribution in [0, 0.1) is 12.3 Å². The molecule has 3 aromatic rings. The highest BCUT2D eigenvalue weighted by Gasteiger charge is 2.39. The Kier molecular flexibility index (Phi) is 5.82. The maximum absolute atomic E-state index is 13.3. The number of carbonyl (C=O) groups excluding carboxylic acids is 2. The molecule has 4 nitrogen and oxygen atoms in total. The number of aryl methyl sites for hydroxylation is 1. The molecule has 0 aromatic heterocycles. The van der Waals surface area contributed by atoms with Gasteiger partial charge >= 0.3 is 5.97 Å². The van der Waals surface area contributed by atoms with Crippen molar-refractivity contribution in [3.8, 4) is 5.75 Å². The van der Waals surface area contributed by atoms with E-state index in [1.54, 1.807) is 23.9 Å². The lowest BCUT2D eigenvalue weighted by Crippen LogP contribution is -2.29. The SMILES string of the molecule is Cc1ccc(C(=O)Oc2ccc([C@@H]3Sc4ccccc4NC4=C3C(=O)CC(C)(C)C4)cc2)cc1. The summed E-state index contributed by atoms with van der Waals surface area (Å²) in [6.45, 7) is 6.27. The van der Waals surface area contributed by atoms with Gasteiger partial charge < -0.3 is 10.1 Å². The van der Waals surface area contributed by atoms with Gasteiger partial charge in [0.25, 0.3) is 0 Å². The zero-order valence-electron chi connectivity index (χ0n) is 19.6. The summed E-state index contributed by atoms with van der Waals surface area (Å²) < 4.78 is 5.58. The van der Waals surface area contributed by atoms with Crippen LogP contribution in [0.4, 0.5) is 5.69 Å². The second-order valence-electron chi connectivity index (χ2n) is 9.78. The first-order valence-corrected chi connectivity index (χ1v) is 12.3. The molecule has 3 aromatic carbocycles. The number of rotatable bonds is 3. The van der Waals surface area contributed by atoms with E-state index in [0.717, 1.165) is 39.4 Å². The fourth-order valence-electron chi connectivity index (χ4n) is 4.57. The summed E-state index contributed by atoms with van der Waals surface area (Å²) in [6, 6.07) is 23.0. The molecule has 0 saturated carbocycles. The van der Waals surface area contributed by atoms with Crippen molar-refractivity contribution in [1.29, 1.82) is 0 Å². The number of ether oxygens (including phenoxy) is 1. The third-order valence-electron chi connectivity index (χ3n) is 6.28. The molecule has 172 valence electrons. The Bertz CT molecular complexity index is 1290. The van der Waals surface area contributed by atoms with E-state index >= 15 is 0 Å². The van der Waals surface area contributed by atoms with Crippen molar-refractivity contribution in [3.05, 3.63) is 101 Å². The predicted molar refractivity (Wildman–Crippen MR) is 136 cm³/mol. The van der Waals surface area contributed by atoms with Crippen LogP contribution in [0.3, 0.4) is 0 Å². The summed E-state index contributed by atoms with van der Waals surface area (Å²) in [4.78, 5) is 27.0. The minimum Gasteiger partial charge on any atom is -0.423 e. The van der Waals surface area contributed by atoms with Crippen molar-refractivity contribution in [1.82, 2.24) is 0 Å². The van der Waals surface area contributed by atoms with Crippen LogP contribution >= 0.6 is 11.8 Å². The second kappa shape index (κ2) is 8.80. The first kappa shape index (κ1) is 22.5. The van der Waals surface area contributed by atoms with Gasteiger partial charge in [-0.25, -0.2) is 4.79 Å². The summed E-state index contributed by atoms with van der Waals surface area (Å²) in [5.41, 5.74) is 5.44. The fraction of sp³-hybridized carbons (Fsp3) is 0.241. The molecular formula is C29H27NO3S. The number of carbonyl (C=O) groups is 2. The van der Waals surface area contributed by atoms with E-state index in [1.807, 2.05) is 55.5 Å². The van der Waals surface area contributed by atoms with Gasteiger partial charge in [0.15, 0.2) is 5.78 Å². The topological polar surface area (TPSA) is 55.4 Å². The number of para-hydroxylation sites is 1. The smallest absolute Gasteiger partial charge is 0.343 e. The molecule has 5 heteroatoms. The molecule has 1 aliphatic carbocycles.